The van der Waals surface area contributed by atoms with E-state index in [1.54, 1.807) is 6.08 Å². The normalized spacial score (nSPS) is 12.2. The van der Waals surface area contributed by atoms with Crippen LogP contribution in [0.25, 0.3) is 0 Å². The van der Waals surface area contributed by atoms with Crippen LogP contribution >= 0.6 is 0 Å². The van der Waals surface area contributed by atoms with Gasteiger partial charge >= 0.3 is 5.97 Å². The molecule has 0 saturated carbocycles. The van der Waals surface area contributed by atoms with Crippen molar-refractivity contribution in [2.45, 2.75) is 27.2 Å². The predicted octanol–water partition coefficient (Wildman–Crippen LogP) is 2.06. The summed E-state index contributed by atoms with van der Waals surface area (Å²) in [5.74, 6) is -0.470. The molecule has 1 N–H and O–H groups in total. The van der Waals surface area contributed by atoms with Crippen molar-refractivity contribution in [3.8, 4) is 0 Å². The summed E-state index contributed by atoms with van der Waals surface area (Å²) in [6.07, 6.45) is 2.38. The van der Waals surface area contributed by atoms with Crippen molar-refractivity contribution in [3.05, 3.63) is 11.6 Å². The number of carboxylic acid groups (broad SMARTS) is 1. The van der Waals surface area contributed by atoms with Crippen LogP contribution in [0.2, 0.25) is 0 Å². The van der Waals surface area contributed by atoms with E-state index in [-0.39, 0.29) is 0 Å². The second-order valence-electron chi connectivity index (χ2n) is 2.59. The van der Waals surface area contributed by atoms with Crippen molar-refractivity contribution >= 4 is 5.97 Å². The molecule has 0 aromatic carbocycles. The van der Waals surface area contributed by atoms with Crippen molar-refractivity contribution < 1.29 is 9.90 Å². The summed E-state index contributed by atoms with van der Waals surface area (Å²) >= 11 is 0. The fraction of sp³-hybridized carbons (Fsp3) is 0.625. The zero-order valence-corrected chi connectivity index (χ0v) is 6.72. The van der Waals surface area contributed by atoms with Gasteiger partial charge in [0.05, 0.1) is 0 Å². The Kier molecular flexibility index (Phi) is 3.77. The molecular weight excluding hydrogens is 128 g/mol. The number of carboxylic acids is 1. The molecule has 0 bridgehead atoms. The highest BCUT2D eigenvalue weighted by Gasteiger charge is 2.03. The lowest BCUT2D eigenvalue weighted by Gasteiger charge is -1.99. The topological polar surface area (TPSA) is 37.3 Å². The Labute approximate surface area is 61.6 Å². The van der Waals surface area contributed by atoms with Gasteiger partial charge in [-0.3, -0.25) is 0 Å². The molecule has 2 heteroatoms. The summed E-state index contributed by atoms with van der Waals surface area (Å²) in [5.41, 5.74) is 0.509. The van der Waals surface area contributed by atoms with Gasteiger partial charge in [-0.15, -0.1) is 0 Å². The summed E-state index contributed by atoms with van der Waals surface area (Å²) in [6.45, 7) is 5.79. The number of hydrogen-bond donors (Lipinski definition) is 1. The van der Waals surface area contributed by atoms with Crippen molar-refractivity contribution in [1.82, 2.24) is 0 Å². The smallest absolute Gasteiger partial charge is 0.331 e. The van der Waals surface area contributed by atoms with Crippen LogP contribution in [0.15, 0.2) is 11.6 Å². The van der Waals surface area contributed by atoms with Gasteiger partial charge in [-0.05, 0) is 12.3 Å². The van der Waals surface area contributed by atoms with E-state index in [0.717, 1.165) is 0 Å². The Morgan fingerprint density at radius 2 is 2.10 bits per heavy atom. The average Bonchev–Trinajstić information content (AvgIpc) is 1.81. The summed E-state index contributed by atoms with van der Waals surface area (Å²) in [6, 6.07) is 0. The monoisotopic (exact) mass is 142 g/mol. The number of hydrogen-bond acceptors (Lipinski definition) is 1. The fourth-order valence-electron chi connectivity index (χ4n) is 0.743. The first-order valence-electron chi connectivity index (χ1n) is 3.52. The molecule has 0 radical (unpaired) electrons. The highest BCUT2D eigenvalue weighted by molar-refractivity contribution is 5.86. The lowest BCUT2D eigenvalue weighted by molar-refractivity contribution is -0.132. The Balaban J connectivity index is 4.19. The minimum absolute atomic E-state index is 0.325. The molecule has 0 unspecified atom stereocenters. The zero-order valence-electron chi connectivity index (χ0n) is 6.72. The van der Waals surface area contributed by atoms with Crippen LogP contribution in [-0.2, 0) is 4.79 Å². The van der Waals surface area contributed by atoms with E-state index in [0.29, 0.717) is 17.9 Å². The fourth-order valence-corrected chi connectivity index (χ4v) is 0.743. The molecule has 0 fully saturated rings. The molecule has 0 aliphatic heterocycles. The molecule has 10 heavy (non-hydrogen) atoms. The summed E-state index contributed by atoms with van der Waals surface area (Å²) in [7, 11) is 0. The molecule has 0 aromatic rings. The van der Waals surface area contributed by atoms with E-state index in [9.17, 15) is 4.79 Å². The maximum absolute atomic E-state index is 10.4. The molecule has 0 aromatic heterocycles. The van der Waals surface area contributed by atoms with Crippen LogP contribution in [0.4, 0.5) is 0 Å². The van der Waals surface area contributed by atoms with Crippen LogP contribution in [0.3, 0.4) is 0 Å². The molecule has 0 aliphatic rings. The minimum Gasteiger partial charge on any atom is -0.478 e. The van der Waals surface area contributed by atoms with Gasteiger partial charge in [0.25, 0.3) is 0 Å². The quantitative estimate of drug-likeness (QED) is 0.612. The third kappa shape index (κ3) is 3.28. The van der Waals surface area contributed by atoms with Crippen molar-refractivity contribution in [2.24, 2.45) is 5.92 Å². The molecule has 0 saturated heterocycles. The lowest BCUT2D eigenvalue weighted by atomic mass is 10.1. The summed E-state index contributed by atoms with van der Waals surface area (Å²) in [4.78, 5) is 10.4. The van der Waals surface area contributed by atoms with Crippen LogP contribution in [-0.4, -0.2) is 11.1 Å². The van der Waals surface area contributed by atoms with Crippen molar-refractivity contribution in [1.29, 1.82) is 0 Å². The Morgan fingerprint density at radius 3 is 2.20 bits per heavy atom. The minimum atomic E-state index is -0.795. The Hall–Kier alpha value is -0.790. The zero-order chi connectivity index (χ0) is 8.15. The van der Waals surface area contributed by atoms with Crippen LogP contribution < -0.4 is 0 Å². The van der Waals surface area contributed by atoms with E-state index in [4.69, 9.17) is 5.11 Å². The van der Waals surface area contributed by atoms with Crippen LogP contribution in [0.1, 0.15) is 27.2 Å². The summed E-state index contributed by atoms with van der Waals surface area (Å²) < 4.78 is 0. The van der Waals surface area contributed by atoms with Crippen LogP contribution in [0, 0.1) is 5.92 Å². The predicted molar refractivity (Wildman–Crippen MR) is 40.8 cm³/mol. The molecular formula is C8H14O2. The van der Waals surface area contributed by atoms with Gasteiger partial charge in [0.15, 0.2) is 0 Å². The maximum Gasteiger partial charge on any atom is 0.331 e. The molecule has 58 valence electrons. The van der Waals surface area contributed by atoms with Crippen molar-refractivity contribution in [2.75, 3.05) is 0 Å². The van der Waals surface area contributed by atoms with E-state index >= 15 is 0 Å². The van der Waals surface area contributed by atoms with E-state index in [2.05, 4.69) is 0 Å². The summed E-state index contributed by atoms with van der Waals surface area (Å²) in [5, 5.41) is 8.55. The first-order valence-corrected chi connectivity index (χ1v) is 3.52. The first kappa shape index (κ1) is 9.21. The molecule has 2 nitrogen and oxygen atoms in total. The number of rotatable bonds is 3. The second kappa shape index (κ2) is 4.09. The van der Waals surface area contributed by atoms with E-state index in [1.807, 2.05) is 20.8 Å². The highest BCUT2D eigenvalue weighted by atomic mass is 16.4. The molecule has 0 spiro atoms. The van der Waals surface area contributed by atoms with E-state index < -0.39 is 5.97 Å². The van der Waals surface area contributed by atoms with Gasteiger partial charge in [0.2, 0.25) is 0 Å². The average molecular weight is 142 g/mol. The molecule has 0 heterocycles. The highest BCUT2D eigenvalue weighted by Crippen LogP contribution is 2.05. The Bertz CT molecular complexity index is 145. The van der Waals surface area contributed by atoms with Gasteiger partial charge < -0.3 is 5.11 Å². The van der Waals surface area contributed by atoms with Gasteiger partial charge in [-0.1, -0.05) is 26.8 Å². The van der Waals surface area contributed by atoms with Gasteiger partial charge in [-0.2, -0.15) is 0 Å². The number of carbonyl (C=O) groups is 1. The lowest BCUT2D eigenvalue weighted by Crippen LogP contribution is -2.00. The van der Waals surface area contributed by atoms with Gasteiger partial charge in [0, 0.05) is 5.57 Å². The first-order chi connectivity index (χ1) is 4.57. The largest absolute Gasteiger partial charge is 0.478 e. The number of allylic oxidation sites excluding steroid dienone is 1. The van der Waals surface area contributed by atoms with Crippen LogP contribution in [0.5, 0.6) is 0 Å². The van der Waals surface area contributed by atoms with Gasteiger partial charge in [0.1, 0.15) is 0 Å². The molecule has 0 atom stereocenters. The standard InChI is InChI=1S/C8H14O2/c1-4-7(8(9)10)5-6(2)3/h5-6H,4H2,1-3H3,(H,9,10). The number of aliphatic carboxylic acids is 1. The SMILES string of the molecule is CCC(=CC(C)C)C(=O)O. The molecule has 0 amide bonds. The van der Waals surface area contributed by atoms with E-state index in [1.165, 1.54) is 0 Å². The van der Waals surface area contributed by atoms with Crippen molar-refractivity contribution in [3.63, 3.8) is 0 Å². The third-order valence-electron chi connectivity index (χ3n) is 1.19. The third-order valence-corrected chi connectivity index (χ3v) is 1.19. The second-order valence-corrected chi connectivity index (χ2v) is 2.59. The molecule has 0 rings (SSSR count). The maximum atomic E-state index is 10.4. The molecule has 0 aliphatic carbocycles. The van der Waals surface area contributed by atoms with Gasteiger partial charge in [-0.25, -0.2) is 4.79 Å². The Morgan fingerprint density at radius 1 is 1.60 bits per heavy atom.